The van der Waals surface area contributed by atoms with E-state index in [-0.39, 0.29) is 36.4 Å². The van der Waals surface area contributed by atoms with Gasteiger partial charge in [-0.25, -0.2) is 14.2 Å². The third-order valence-electron chi connectivity index (χ3n) is 5.32. The zero-order chi connectivity index (χ0) is 20.4. The van der Waals surface area contributed by atoms with Crippen molar-refractivity contribution in [1.29, 1.82) is 0 Å². The van der Waals surface area contributed by atoms with Gasteiger partial charge in [0.25, 0.3) is 0 Å². The van der Waals surface area contributed by atoms with E-state index in [9.17, 15) is 14.3 Å². The second-order valence-corrected chi connectivity index (χ2v) is 8.41. The van der Waals surface area contributed by atoms with Crippen molar-refractivity contribution in [3.63, 3.8) is 0 Å². The molecule has 0 spiro atoms. The molecule has 2 heterocycles. The molecule has 1 aromatic carbocycles. The van der Waals surface area contributed by atoms with Gasteiger partial charge in [0.15, 0.2) is 0 Å². The van der Waals surface area contributed by atoms with Crippen molar-refractivity contribution < 1.29 is 14.3 Å². The van der Waals surface area contributed by atoms with Gasteiger partial charge in [0.2, 0.25) is 11.8 Å². The third kappa shape index (κ3) is 4.77. The minimum Gasteiger partial charge on any atom is -0.493 e. The number of carbonyl (C=O) groups excluding carboxylic acids is 1. The van der Waals surface area contributed by atoms with Crippen LogP contribution in [0.1, 0.15) is 31.2 Å². The first-order valence-electron chi connectivity index (χ1n) is 9.78. The maximum atomic E-state index is 14.1. The summed E-state index contributed by atoms with van der Waals surface area (Å²) in [5.41, 5.74) is 0.454. The lowest BCUT2D eigenvalue weighted by Crippen LogP contribution is -2.54. The summed E-state index contributed by atoms with van der Waals surface area (Å²) in [6, 6.07) is 6.35. The predicted octanol–water partition coefficient (Wildman–Crippen LogP) is 3.43. The molecule has 4 rings (SSSR count). The molecule has 2 aromatic rings. The molecule has 1 saturated carbocycles. The number of carbonyl (C=O) groups is 1. The summed E-state index contributed by atoms with van der Waals surface area (Å²) in [6.45, 7) is 1.54. The van der Waals surface area contributed by atoms with Crippen LogP contribution in [-0.4, -0.2) is 51.2 Å². The molecule has 1 aliphatic carbocycles. The molecule has 0 bridgehead atoms. The average Bonchev–Trinajstić information content (AvgIpc) is 3.53. The first-order valence-corrected chi connectivity index (χ1v) is 10.6. The highest BCUT2D eigenvalue weighted by molar-refractivity contribution is 9.10. The van der Waals surface area contributed by atoms with Crippen molar-refractivity contribution in [1.82, 2.24) is 20.2 Å². The molecule has 2 amide bonds. The van der Waals surface area contributed by atoms with Crippen LogP contribution < -0.4 is 10.2 Å². The Labute approximate surface area is 177 Å². The van der Waals surface area contributed by atoms with E-state index in [4.69, 9.17) is 0 Å². The SMILES string of the molecule is O=C(NCc1ccc(Br)cc1F)N(C1CC1)[C@@H]1CCCN(c2nccc(O)n2)C1. The highest BCUT2D eigenvalue weighted by Gasteiger charge is 2.39. The molecule has 1 atom stereocenters. The summed E-state index contributed by atoms with van der Waals surface area (Å²) in [4.78, 5) is 25.2. The number of aromatic hydroxyl groups is 1. The van der Waals surface area contributed by atoms with Crippen molar-refractivity contribution in [2.45, 2.75) is 44.3 Å². The molecule has 1 aromatic heterocycles. The molecule has 1 aliphatic heterocycles. The van der Waals surface area contributed by atoms with E-state index in [0.29, 0.717) is 22.5 Å². The fourth-order valence-electron chi connectivity index (χ4n) is 3.76. The van der Waals surface area contributed by atoms with Crippen LogP contribution >= 0.6 is 15.9 Å². The van der Waals surface area contributed by atoms with Crippen LogP contribution in [0.2, 0.25) is 0 Å². The molecule has 154 valence electrons. The van der Waals surface area contributed by atoms with Gasteiger partial charge in [0.05, 0.1) is 6.04 Å². The number of nitrogens with zero attached hydrogens (tertiary/aromatic N) is 4. The van der Waals surface area contributed by atoms with Crippen molar-refractivity contribution >= 4 is 27.9 Å². The number of aromatic nitrogens is 2. The normalized spacial score (nSPS) is 19.1. The molecule has 0 unspecified atom stereocenters. The van der Waals surface area contributed by atoms with Crippen LogP contribution in [-0.2, 0) is 6.54 Å². The molecule has 7 nitrogen and oxygen atoms in total. The van der Waals surface area contributed by atoms with Crippen LogP contribution in [0.25, 0.3) is 0 Å². The van der Waals surface area contributed by atoms with Gasteiger partial charge >= 0.3 is 6.03 Å². The Morgan fingerprint density at radius 3 is 2.86 bits per heavy atom. The minimum absolute atomic E-state index is 0.0250. The van der Waals surface area contributed by atoms with Crippen molar-refractivity contribution in [3.05, 3.63) is 46.3 Å². The van der Waals surface area contributed by atoms with Gasteiger partial charge < -0.3 is 20.2 Å². The third-order valence-corrected chi connectivity index (χ3v) is 5.81. The zero-order valence-electron chi connectivity index (χ0n) is 15.9. The highest BCUT2D eigenvalue weighted by atomic mass is 79.9. The number of halogens is 2. The van der Waals surface area contributed by atoms with Crippen LogP contribution in [0.4, 0.5) is 15.1 Å². The first-order chi connectivity index (χ1) is 14.0. The van der Waals surface area contributed by atoms with Crippen LogP contribution in [0.3, 0.4) is 0 Å². The van der Waals surface area contributed by atoms with Gasteiger partial charge in [0, 0.05) is 48.0 Å². The van der Waals surface area contributed by atoms with Gasteiger partial charge in [0.1, 0.15) is 5.82 Å². The summed E-state index contributed by atoms with van der Waals surface area (Å²) in [6.07, 6.45) is 5.30. The maximum Gasteiger partial charge on any atom is 0.318 e. The lowest BCUT2D eigenvalue weighted by Gasteiger charge is -2.39. The number of hydrogen-bond donors (Lipinski definition) is 2. The molecule has 2 aliphatic rings. The largest absolute Gasteiger partial charge is 0.493 e. The smallest absolute Gasteiger partial charge is 0.318 e. The number of rotatable bonds is 5. The Morgan fingerprint density at radius 2 is 2.14 bits per heavy atom. The van der Waals surface area contributed by atoms with E-state index >= 15 is 0 Å². The Kier molecular flexibility index (Phi) is 5.84. The fraction of sp³-hybridized carbons (Fsp3) is 0.450. The summed E-state index contributed by atoms with van der Waals surface area (Å²) < 4.78 is 14.7. The van der Waals surface area contributed by atoms with Crippen molar-refractivity contribution in [3.8, 4) is 5.88 Å². The molecule has 2 fully saturated rings. The van der Waals surface area contributed by atoms with Crippen molar-refractivity contribution in [2.75, 3.05) is 18.0 Å². The second-order valence-electron chi connectivity index (χ2n) is 7.49. The first kappa shape index (κ1) is 19.9. The molecule has 2 N–H and O–H groups in total. The van der Waals surface area contributed by atoms with E-state index in [1.165, 1.54) is 18.3 Å². The molecule has 1 saturated heterocycles. The minimum atomic E-state index is -0.345. The summed E-state index contributed by atoms with van der Waals surface area (Å²) in [5.74, 6) is 0.0655. The van der Waals surface area contributed by atoms with Crippen molar-refractivity contribution in [2.24, 2.45) is 0 Å². The van der Waals surface area contributed by atoms with E-state index < -0.39 is 0 Å². The summed E-state index contributed by atoms with van der Waals surface area (Å²) in [7, 11) is 0. The van der Waals surface area contributed by atoms with E-state index in [1.807, 2.05) is 9.80 Å². The summed E-state index contributed by atoms with van der Waals surface area (Å²) >= 11 is 3.24. The number of anilines is 1. The van der Waals surface area contributed by atoms with Gasteiger partial charge in [-0.1, -0.05) is 22.0 Å². The van der Waals surface area contributed by atoms with Crippen LogP contribution in [0.15, 0.2) is 34.9 Å². The van der Waals surface area contributed by atoms with E-state index in [1.54, 1.807) is 12.1 Å². The monoisotopic (exact) mass is 463 g/mol. The maximum absolute atomic E-state index is 14.1. The number of benzene rings is 1. The number of amides is 2. The van der Waals surface area contributed by atoms with Gasteiger partial charge in [-0.15, -0.1) is 0 Å². The molecule has 0 radical (unpaired) electrons. The van der Waals surface area contributed by atoms with E-state index in [0.717, 1.165) is 32.2 Å². The standard InChI is InChI=1S/C20H23BrFN5O2/c21-14-4-3-13(17(22)10-14)11-24-20(29)27(15-5-6-15)16-2-1-9-26(12-16)19-23-8-7-18(28)25-19/h3-4,7-8,10,15-16H,1-2,5-6,9,11-12H2,(H,24,29)(H,23,25,28)/t16-/m1/s1. The Hall–Kier alpha value is -2.42. The number of nitrogens with one attached hydrogen (secondary N) is 1. The second kappa shape index (κ2) is 8.52. The molecular formula is C20H23BrFN5O2. The van der Waals surface area contributed by atoms with Gasteiger partial charge in [-0.3, -0.25) is 0 Å². The number of hydrogen-bond acceptors (Lipinski definition) is 5. The highest BCUT2D eigenvalue weighted by Crippen LogP contribution is 2.32. The van der Waals surface area contributed by atoms with E-state index in [2.05, 4.69) is 31.2 Å². The zero-order valence-corrected chi connectivity index (χ0v) is 17.5. The molecule has 9 heteroatoms. The molecular weight excluding hydrogens is 441 g/mol. The Balaban J connectivity index is 1.43. The summed E-state index contributed by atoms with van der Waals surface area (Å²) in [5, 5.41) is 12.5. The van der Waals surface area contributed by atoms with Crippen LogP contribution in [0.5, 0.6) is 5.88 Å². The number of urea groups is 1. The number of piperidine rings is 1. The topological polar surface area (TPSA) is 81.6 Å². The Bertz CT molecular complexity index is 895. The predicted molar refractivity (Wildman–Crippen MR) is 110 cm³/mol. The lowest BCUT2D eigenvalue weighted by molar-refractivity contribution is 0.160. The van der Waals surface area contributed by atoms with Gasteiger partial charge in [-0.05, 0) is 37.8 Å². The quantitative estimate of drug-likeness (QED) is 0.709. The lowest BCUT2D eigenvalue weighted by atomic mass is 10.0. The molecule has 29 heavy (non-hydrogen) atoms. The Morgan fingerprint density at radius 1 is 1.31 bits per heavy atom. The van der Waals surface area contributed by atoms with Gasteiger partial charge in [-0.2, -0.15) is 4.98 Å². The fourth-order valence-corrected chi connectivity index (χ4v) is 4.10. The van der Waals surface area contributed by atoms with Crippen LogP contribution in [0, 0.1) is 5.82 Å². The average molecular weight is 464 g/mol.